The molecule has 1 aromatic carbocycles. The molecule has 1 unspecified atom stereocenters. The van der Waals surface area contributed by atoms with Crippen LogP contribution in [0.2, 0.25) is 10.0 Å². The van der Waals surface area contributed by atoms with E-state index in [1.165, 1.54) is 17.8 Å². The first kappa shape index (κ1) is 24.5. The molecule has 174 valence electrons. The Balaban J connectivity index is 2.03. The number of halogens is 9. The van der Waals surface area contributed by atoms with Gasteiger partial charge in [-0.15, -0.1) is 0 Å². The largest absolute Gasteiger partial charge is 0.477 e. The molecule has 5 nitrogen and oxygen atoms in total. The van der Waals surface area contributed by atoms with Crippen LogP contribution >= 0.6 is 35.0 Å². The molecule has 2 aromatic rings. The minimum absolute atomic E-state index is 0.0933. The van der Waals surface area contributed by atoms with Gasteiger partial charge in [0.1, 0.15) is 16.3 Å². The van der Waals surface area contributed by atoms with Crippen molar-refractivity contribution in [3.8, 4) is 5.69 Å². The smallest absolute Gasteiger partial charge is 0.435 e. The Morgan fingerprint density at radius 2 is 1.66 bits per heavy atom. The summed E-state index contributed by atoms with van der Waals surface area (Å²) in [6, 6.07) is 0.360. The van der Waals surface area contributed by atoms with Gasteiger partial charge in [-0.25, -0.2) is 13.9 Å². The Morgan fingerprint density at radius 1 is 1.12 bits per heavy atom. The van der Waals surface area contributed by atoms with Crippen LogP contribution < -0.4 is 5.32 Å². The Morgan fingerprint density at radius 3 is 2.09 bits per heavy atom. The van der Waals surface area contributed by atoms with Crippen molar-refractivity contribution in [3.05, 3.63) is 56.8 Å². The number of aromatic nitrogens is 2. The molecule has 0 bridgehead atoms. The number of carbonyl (C=O) groups is 1. The minimum atomic E-state index is -6.33. The van der Waals surface area contributed by atoms with E-state index in [1.54, 1.807) is 6.92 Å². The third-order valence-electron chi connectivity index (χ3n) is 4.57. The van der Waals surface area contributed by atoms with Crippen LogP contribution in [0.1, 0.15) is 18.1 Å². The maximum Gasteiger partial charge on any atom is 0.435 e. The molecule has 0 saturated heterocycles. The number of alkyl halides is 7. The average Bonchev–Trinajstić information content (AvgIpc) is 3.26. The Bertz CT molecular complexity index is 1080. The topological polar surface area (TPSA) is 67.2 Å². The van der Waals surface area contributed by atoms with Crippen molar-refractivity contribution in [2.24, 2.45) is 0 Å². The maximum atomic E-state index is 14.3. The highest BCUT2D eigenvalue weighted by molar-refractivity contribution is 8.03. The van der Waals surface area contributed by atoms with Gasteiger partial charge < -0.3 is 10.4 Å². The molecule has 0 radical (unpaired) electrons. The van der Waals surface area contributed by atoms with Gasteiger partial charge in [0.05, 0.1) is 16.2 Å². The van der Waals surface area contributed by atoms with Crippen molar-refractivity contribution >= 4 is 40.9 Å². The molecule has 0 aliphatic carbocycles. The molecule has 15 heteroatoms. The summed E-state index contributed by atoms with van der Waals surface area (Å²) in [6.07, 6.45) is -10.1. The molecular weight excluding hydrogens is 514 g/mol. The van der Waals surface area contributed by atoms with E-state index < -0.39 is 44.5 Å². The van der Waals surface area contributed by atoms with Gasteiger partial charge in [0.15, 0.2) is 0 Å². The summed E-state index contributed by atoms with van der Waals surface area (Å²) in [5.41, 5.74) is -7.54. The van der Waals surface area contributed by atoms with Crippen molar-refractivity contribution in [3.63, 3.8) is 0 Å². The summed E-state index contributed by atoms with van der Waals surface area (Å²) in [5.74, 6) is -1.21. The fourth-order valence-electron chi connectivity index (χ4n) is 2.90. The fraction of sp³-hybridized carbons (Fsp3) is 0.294. The first-order valence-electron chi connectivity index (χ1n) is 8.28. The number of benzene rings is 1. The average molecular weight is 524 g/mol. The van der Waals surface area contributed by atoms with Crippen molar-refractivity contribution in [1.82, 2.24) is 15.1 Å². The van der Waals surface area contributed by atoms with Gasteiger partial charge in [0.2, 0.25) is 0 Å². The monoisotopic (exact) mass is 523 g/mol. The molecule has 0 saturated carbocycles. The molecule has 1 aliphatic heterocycles. The number of carboxylic acid groups (broad SMARTS) is 1. The lowest BCUT2D eigenvalue weighted by Crippen LogP contribution is -2.50. The predicted octanol–water partition coefficient (Wildman–Crippen LogP) is 5.90. The quantitative estimate of drug-likeness (QED) is 0.488. The Kier molecular flexibility index (Phi) is 5.93. The third-order valence-corrected chi connectivity index (χ3v) is 6.31. The molecule has 1 atom stereocenters. The molecule has 1 aliphatic rings. The standard InChI is InChI=1S/C17H10Cl2F7N3O2S/c1-14(28-11(6-32-14)13(30)31)8-4-27-29(5-8)12-9(18)2-7(3-10(12)19)15(20,16(21,22)23)17(24,25)26/h2-6,28H,1H3,(H,30,31). The predicted molar refractivity (Wildman–Crippen MR) is 102 cm³/mol. The second-order valence-electron chi connectivity index (χ2n) is 6.73. The van der Waals surface area contributed by atoms with Crippen LogP contribution in [-0.4, -0.2) is 33.2 Å². The van der Waals surface area contributed by atoms with Gasteiger partial charge in [0, 0.05) is 22.7 Å². The molecule has 1 aromatic heterocycles. The summed E-state index contributed by atoms with van der Waals surface area (Å²) in [5, 5.41) is 15.7. The lowest BCUT2D eigenvalue weighted by atomic mass is 9.94. The van der Waals surface area contributed by atoms with E-state index in [0.717, 1.165) is 16.4 Å². The molecule has 3 rings (SSSR count). The number of nitrogens with zero attached hydrogens (tertiary/aromatic N) is 2. The van der Waals surface area contributed by atoms with Crippen LogP contribution in [0.5, 0.6) is 0 Å². The molecular formula is C17H10Cl2F7N3O2S. The number of nitrogens with one attached hydrogen (secondary N) is 1. The number of aliphatic carboxylic acids is 1. The number of rotatable bonds is 4. The number of hydrogen-bond donors (Lipinski definition) is 2. The van der Waals surface area contributed by atoms with Crippen LogP contribution in [0.4, 0.5) is 30.7 Å². The van der Waals surface area contributed by atoms with E-state index in [1.807, 2.05) is 0 Å². The summed E-state index contributed by atoms with van der Waals surface area (Å²) in [6.45, 7) is 1.61. The van der Waals surface area contributed by atoms with Crippen LogP contribution in [-0.2, 0) is 15.3 Å². The SMILES string of the molecule is CC1(c2cnn(-c3c(Cl)cc(C(F)(C(F)(F)F)C(F)(F)F)cc3Cl)c2)NC(C(=O)O)=CS1. The number of hydrogen-bond acceptors (Lipinski definition) is 4. The first-order valence-corrected chi connectivity index (χ1v) is 9.91. The summed E-state index contributed by atoms with van der Waals surface area (Å²) in [4.78, 5) is 10.1. The lowest BCUT2D eigenvalue weighted by Gasteiger charge is -2.30. The molecule has 0 fully saturated rings. The normalized spacial score (nSPS) is 19.6. The van der Waals surface area contributed by atoms with E-state index in [2.05, 4.69) is 10.4 Å². The summed E-state index contributed by atoms with van der Waals surface area (Å²) < 4.78 is 93.5. The highest BCUT2D eigenvalue weighted by Gasteiger charge is 2.73. The van der Waals surface area contributed by atoms with Crippen molar-refractivity contribution in [2.75, 3.05) is 0 Å². The molecule has 2 heterocycles. The van der Waals surface area contributed by atoms with Crippen LogP contribution in [0.15, 0.2) is 35.6 Å². The van der Waals surface area contributed by atoms with Gasteiger partial charge in [-0.05, 0) is 19.1 Å². The summed E-state index contributed by atoms with van der Waals surface area (Å²) in [7, 11) is 0. The van der Waals surface area contributed by atoms with Crippen LogP contribution in [0.25, 0.3) is 5.69 Å². The van der Waals surface area contributed by atoms with Crippen molar-refractivity contribution < 1.29 is 40.6 Å². The van der Waals surface area contributed by atoms with Gasteiger partial charge in [-0.2, -0.15) is 31.4 Å². The Hall–Kier alpha value is -2.12. The van der Waals surface area contributed by atoms with Crippen LogP contribution in [0, 0.1) is 0 Å². The van der Waals surface area contributed by atoms with E-state index in [9.17, 15) is 35.5 Å². The zero-order valence-electron chi connectivity index (χ0n) is 15.4. The van der Waals surface area contributed by atoms with E-state index in [4.69, 9.17) is 28.3 Å². The van der Waals surface area contributed by atoms with Crippen molar-refractivity contribution in [2.45, 2.75) is 29.8 Å². The highest BCUT2D eigenvalue weighted by Crippen LogP contribution is 2.54. The van der Waals surface area contributed by atoms with E-state index >= 15 is 0 Å². The van der Waals surface area contributed by atoms with Crippen molar-refractivity contribution in [1.29, 1.82) is 0 Å². The van der Waals surface area contributed by atoms with Gasteiger partial charge in [-0.1, -0.05) is 35.0 Å². The molecule has 2 N–H and O–H groups in total. The molecule has 32 heavy (non-hydrogen) atoms. The van der Waals surface area contributed by atoms with E-state index in [0.29, 0.717) is 5.56 Å². The fourth-order valence-corrected chi connectivity index (χ4v) is 4.48. The second kappa shape index (κ2) is 7.73. The number of thioether (sulfide) groups is 1. The second-order valence-corrected chi connectivity index (χ2v) is 8.83. The minimum Gasteiger partial charge on any atom is -0.477 e. The number of carboxylic acids is 1. The third kappa shape index (κ3) is 3.90. The summed E-state index contributed by atoms with van der Waals surface area (Å²) >= 11 is 12.9. The zero-order valence-corrected chi connectivity index (χ0v) is 17.8. The molecule has 0 spiro atoms. The first-order chi connectivity index (χ1) is 14.5. The Labute approximate surface area is 189 Å². The zero-order chi connectivity index (χ0) is 24.3. The maximum absolute atomic E-state index is 14.3. The van der Waals surface area contributed by atoms with Gasteiger partial charge in [-0.3, -0.25) is 0 Å². The highest BCUT2D eigenvalue weighted by atomic mass is 35.5. The van der Waals surface area contributed by atoms with E-state index in [-0.39, 0.29) is 23.5 Å². The van der Waals surface area contributed by atoms with Crippen LogP contribution in [0.3, 0.4) is 0 Å². The molecule has 0 amide bonds. The lowest BCUT2D eigenvalue weighted by molar-refractivity contribution is -0.348. The van der Waals surface area contributed by atoms with Gasteiger partial charge >= 0.3 is 24.0 Å². The van der Waals surface area contributed by atoms with Gasteiger partial charge in [0.25, 0.3) is 0 Å².